The Labute approximate surface area is 91.0 Å². The molecule has 0 radical (unpaired) electrons. The van der Waals surface area contributed by atoms with E-state index in [1.165, 1.54) is 20.0 Å². The number of hydrogen-bond donors (Lipinski definition) is 1. The quantitative estimate of drug-likeness (QED) is 0.680. The summed E-state index contributed by atoms with van der Waals surface area (Å²) >= 11 is 0. The minimum Gasteiger partial charge on any atom is -0.468 e. The molecule has 1 saturated heterocycles. The van der Waals surface area contributed by atoms with Gasteiger partial charge in [0.2, 0.25) is 0 Å². The second kappa shape index (κ2) is 4.94. The number of methoxy groups -OCH3 is 1. The van der Waals surface area contributed by atoms with Crippen LogP contribution in [0, 0.1) is 5.92 Å². The lowest BCUT2D eigenvalue weighted by molar-refractivity contribution is -0.147. The second-order valence-electron chi connectivity index (χ2n) is 4.44. The maximum absolute atomic E-state index is 11.7. The number of hydrogen-bond acceptors (Lipinski definition) is 4. The van der Waals surface area contributed by atoms with Crippen LogP contribution in [-0.2, 0) is 9.53 Å². The Kier molecular flexibility index (Phi) is 3.59. The summed E-state index contributed by atoms with van der Waals surface area (Å²) in [5, 5.41) is 3.35. The Bertz CT molecular complexity index is 221. The Morgan fingerprint density at radius 1 is 1.40 bits per heavy atom. The van der Waals surface area contributed by atoms with Gasteiger partial charge < -0.3 is 10.1 Å². The normalized spacial score (nSPS) is 25.7. The average Bonchev–Trinajstić information content (AvgIpc) is 3.05. The molecule has 0 spiro atoms. The van der Waals surface area contributed by atoms with E-state index in [4.69, 9.17) is 4.74 Å². The molecule has 1 aliphatic heterocycles. The molecule has 2 rings (SSSR count). The standard InChI is InChI=1S/C11H20N2O2/c1-15-11(14)10(9-3-4-9)13-7-2-5-12-6-8-13/h9-10,12H,2-8H2,1H3. The zero-order chi connectivity index (χ0) is 10.7. The molecular weight excluding hydrogens is 192 g/mol. The third kappa shape index (κ3) is 2.69. The van der Waals surface area contributed by atoms with E-state index in [0.717, 1.165) is 32.6 Å². The number of rotatable bonds is 3. The van der Waals surface area contributed by atoms with Crippen LogP contribution in [0.2, 0.25) is 0 Å². The number of nitrogens with one attached hydrogen (secondary N) is 1. The first kappa shape index (κ1) is 10.9. The zero-order valence-corrected chi connectivity index (χ0v) is 9.37. The first-order valence-corrected chi connectivity index (χ1v) is 5.85. The van der Waals surface area contributed by atoms with E-state index in [1.54, 1.807) is 0 Å². The molecule has 0 aromatic heterocycles. The lowest BCUT2D eigenvalue weighted by Crippen LogP contribution is -2.45. The second-order valence-corrected chi connectivity index (χ2v) is 4.44. The molecule has 1 atom stereocenters. The summed E-state index contributed by atoms with van der Waals surface area (Å²) in [6, 6.07) is 0.0231. The Hall–Kier alpha value is -0.610. The Morgan fingerprint density at radius 3 is 2.87 bits per heavy atom. The molecule has 1 saturated carbocycles. The van der Waals surface area contributed by atoms with Crippen LogP contribution in [0.25, 0.3) is 0 Å². The summed E-state index contributed by atoms with van der Waals surface area (Å²) in [4.78, 5) is 14.0. The van der Waals surface area contributed by atoms with Gasteiger partial charge in [-0.05, 0) is 31.7 Å². The van der Waals surface area contributed by atoms with Crippen molar-refractivity contribution in [3.63, 3.8) is 0 Å². The highest BCUT2D eigenvalue weighted by Crippen LogP contribution is 2.36. The van der Waals surface area contributed by atoms with E-state index >= 15 is 0 Å². The van der Waals surface area contributed by atoms with Crippen molar-refractivity contribution in [2.24, 2.45) is 5.92 Å². The largest absolute Gasteiger partial charge is 0.468 e. The van der Waals surface area contributed by atoms with Crippen LogP contribution in [0.3, 0.4) is 0 Å². The molecule has 86 valence electrons. The molecule has 4 nitrogen and oxygen atoms in total. The molecular formula is C11H20N2O2. The van der Waals surface area contributed by atoms with Crippen LogP contribution in [-0.4, -0.2) is 50.2 Å². The first-order chi connectivity index (χ1) is 7.33. The van der Waals surface area contributed by atoms with Gasteiger partial charge in [-0.2, -0.15) is 0 Å². The number of esters is 1. The molecule has 15 heavy (non-hydrogen) atoms. The third-order valence-electron chi connectivity index (χ3n) is 3.28. The van der Waals surface area contributed by atoms with E-state index in [-0.39, 0.29) is 12.0 Å². The van der Waals surface area contributed by atoms with Crippen molar-refractivity contribution in [2.75, 3.05) is 33.3 Å². The van der Waals surface area contributed by atoms with Crippen molar-refractivity contribution in [2.45, 2.75) is 25.3 Å². The van der Waals surface area contributed by atoms with E-state index in [2.05, 4.69) is 10.2 Å². The minimum atomic E-state index is -0.0422. The fourth-order valence-electron chi connectivity index (χ4n) is 2.32. The Morgan fingerprint density at radius 2 is 2.20 bits per heavy atom. The van der Waals surface area contributed by atoms with Gasteiger partial charge in [-0.15, -0.1) is 0 Å². The van der Waals surface area contributed by atoms with Crippen molar-refractivity contribution in [1.82, 2.24) is 10.2 Å². The van der Waals surface area contributed by atoms with Crippen molar-refractivity contribution in [3.8, 4) is 0 Å². The summed E-state index contributed by atoms with van der Waals surface area (Å²) in [6.07, 6.45) is 3.49. The van der Waals surface area contributed by atoms with Crippen LogP contribution in [0.1, 0.15) is 19.3 Å². The Balaban J connectivity index is 1.98. The summed E-state index contributed by atoms with van der Waals surface area (Å²) in [5.74, 6) is 0.509. The third-order valence-corrected chi connectivity index (χ3v) is 3.28. The molecule has 1 unspecified atom stereocenters. The minimum absolute atomic E-state index is 0.0231. The highest BCUT2D eigenvalue weighted by molar-refractivity contribution is 5.76. The number of carbonyl (C=O) groups excluding carboxylic acids is 1. The molecule has 0 aromatic rings. The summed E-state index contributed by atoms with van der Waals surface area (Å²) in [5.41, 5.74) is 0. The molecule has 0 amide bonds. The smallest absolute Gasteiger partial charge is 0.323 e. The lowest BCUT2D eigenvalue weighted by Gasteiger charge is -2.28. The van der Waals surface area contributed by atoms with Crippen molar-refractivity contribution < 1.29 is 9.53 Å². The monoisotopic (exact) mass is 212 g/mol. The van der Waals surface area contributed by atoms with E-state index < -0.39 is 0 Å². The fraction of sp³-hybridized carbons (Fsp3) is 0.909. The molecule has 0 bridgehead atoms. The summed E-state index contributed by atoms with van der Waals surface area (Å²) < 4.78 is 4.91. The SMILES string of the molecule is COC(=O)C(C1CC1)N1CCCNCC1. The van der Waals surface area contributed by atoms with E-state index in [9.17, 15) is 4.79 Å². The predicted octanol–water partition coefficient (Wildman–Crippen LogP) is 0.233. The van der Waals surface area contributed by atoms with Crippen LogP contribution in [0.5, 0.6) is 0 Å². The number of ether oxygens (including phenoxy) is 1. The van der Waals surface area contributed by atoms with Gasteiger partial charge >= 0.3 is 5.97 Å². The van der Waals surface area contributed by atoms with Crippen molar-refractivity contribution in [3.05, 3.63) is 0 Å². The van der Waals surface area contributed by atoms with Gasteiger partial charge in [-0.1, -0.05) is 0 Å². The summed E-state index contributed by atoms with van der Waals surface area (Å²) in [6.45, 7) is 4.04. The van der Waals surface area contributed by atoms with Crippen LogP contribution < -0.4 is 5.32 Å². The molecule has 0 aromatic carbocycles. The lowest BCUT2D eigenvalue weighted by atomic mass is 10.1. The van der Waals surface area contributed by atoms with Gasteiger partial charge in [0.05, 0.1) is 7.11 Å². The van der Waals surface area contributed by atoms with Crippen LogP contribution in [0.4, 0.5) is 0 Å². The van der Waals surface area contributed by atoms with Gasteiger partial charge in [-0.25, -0.2) is 0 Å². The van der Waals surface area contributed by atoms with Gasteiger partial charge in [-0.3, -0.25) is 9.69 Å². The number of carbonyl (C=O) groups is 1. The molecule has 1 heterocycles. The van der Waals surface area contributed by atoms with Crippen LogP contribution in [0.15, 0.2) is 0 Å². The molecule has 4 heteroatoms. The molecule has 1 N–H and O–H groups in total. The molecule has 1 aliphatic carbocycles. The average molecular weight is 212 g/mol. The number of nitrogens with zero attached hydrogens (tertiary/aromatic N) is 1. The highest BCUT2D eigenvalue weighted by atomic mass is 16.5. The summed E-state index contributed by atoms with van der Waals surface area (Å²) in [7, 11) is 1.49. The maximum atomic E-state index is 11.7. The fourth-order valence-corrected chi connectivity index (χ4v) is 2.32. The topological polar surface area (TPSA) is 41.6 Å². The highest BCUT2D eigenvalue weighted by Gasteiger charge is 2.40. The molecule has 2 aliphatic rings. The molecule has 2 fully saturated rings. The van der Waals surface area contributed by atoms with Gasteiger partial charge in [0.15, 0.2) is 0 Å². The van der Waals surface area contributed by atoms with Crippen molar-refractivity contribution >= 4 is 5.97 Å². The van der Waals surface area contributed by atoms with Gasteiger partial charge in [0, 0.05) is 19.6 Å². The predicted molar refractivity (Wildman–Crippen MR) is 57.6 cm³/mol. The van der Waals surface area contributed by atoms with Crippen LogP contribution >= 0.6 is 0 Å². The zero-order valence-electron chi connectivity index (χ0n) is 9.37. The van der Waals surface area contributed by atoms with Crippen molar-refractivity contribution in [1.29, 1.82) is 0 Å². The van der Waals surface area contributed by atoms with Gasteiger partial charge in [0.25, 0.3) is 0 Å². The first-order valence-electron chi connectivity index (χ1n) is 5.85. The van der Waals surface area contributed by atoms with E-state index in [1.807, 2.05) is 0 Å². The van der Waals surface area contributed by atoms with E-state index in [0.29, 0.717) is 5.92 Å². The van der Waals surface area contributed by atoms with Gasteiger partial charge in [0.1, 0.15) is 6.04 Å². The maximum Gasteiger partial charge on any atom is 0.323 e.